The van der Waals surface area contributed by atoms with Gasteiger partial charge in [-0.15, -0.1) is 0 Å². The predicted octanol–water partition coefficient (Wildman–Crippen LogP) is 4.15. The number of hydrogen-bond acceptors (Lipinski definition) is 8. The number of esters is 1. The van der Waals surface area contributed by atoms with E-state index in [0.717, 1.165) is 57.3 Å². The molecular weight excluding hydrogens is 514 g/mol. The normalized spacial score (nSPS) is 19.9. The number of unbranched alkanes of at least 4 members (excludes halogenated alkanes) is 6. The number of nitrogens with zero attached hydrogens (tertiary/aromatic N) is 3. The summed E-state index contributed by atoms with van der Waals surface area (Å²) in [6.45, 7) is 3.48. The lowest BCUT2D eigenvalue weighted by molar-refractivity contribution is -0.125. The molecule has 2 fully saturated rings. The van der Waals surface area contributed by atoms with Gasteiger partial charge in [-0.1, -0.05) is 32.1 Å². The van der Waals surface area contributed by atoms with Gasteiger partial charge in [0.1, 0.15) is 29.7 Å². The number of methoxy groups -OCH3 is 2. The fraction of sp³-hybridized carbons (Fsp3) is 0.700. The number of hydrogen-bond donors (Lipinski definition) is 1. The van der Waals surface area contributed by atoms with Crippen LogP contribution < -0.4 is 9.47 Å². The van der Waals surface area contributed by atoms with Crippen LogP contribution in [0.5, 0.6) is 11.5 Å². The summed E-state index contributed by atoms with van der Waals surface area (Å²) >= 11 is 0. The molecule has 1 atom stereocenters. The third-order valence-corrected chi connectivity index (χ3v) is 8.42. The molecule has 0 saturated carbocycles. The maximum atomic E-state index is 12.6. The summed E-state index contributed by atoms with van der Waals surface area (Å²) in [5.41, 5.74) is 1.39. The first-order valence-electron chi connectivity index (χ1n) is 14.9. The lowest BCUT2D eigenvalue weighted by Crippen LogP contribution is -2.46. The van der Waals surface area contributed by atoms with Gasteiger partial charge in [0.15, 0.2) is 0 Å². The summed E-state index contributed by atoms with van der Waals surface area (Å²) in [7, 11) is 3.16. The van der Waals surface area contributed by atoms with Crippen LogP contribution >= 0.6 is 0 Å². The Kier molecular flexibility index (Phi) is 11.1. The van der Waals surface area contributed by atoms with Crippen LogP contribution in [0, 0.1) is 0 Å². The average molecular weight is 560 g/mol. The molecule has 2 saturated heterocycles. The van der Waals surface area contributed by atoms with Gasteiger partial charge < -0.3 is 29.1 Å². The fourth-order valence-electron chi connectivity index (χ4n) is 6.13. The minimum Gasteiger partial charge on any atom is -0.497 e. The van der Waals surface area contributed by atoms with Crippen LogP contribution in [-0.2, 0) is 9.53 Å². The van der Waals surface area contributed by atoms with Crippen LogP contribution in [0.4, 0.5) is 4.79 Å². The molecular formula is C30H45N3O7. The summed E-state index contributed by atoms with van der Waals surface area (Å²) < 4.78 is 16.4. The van der Waals surface area contributed by atoms with Crippen molar-refractivity contribution in [2.24, 2.45) is 0 Å². The van der Waals surface area contributed by atoms with Crippen LogP contribution in [-0.4, -0.2) is 97.3 Å². The third kappa shape index (κ3) is 7.26. The molecule has 0 aliphatic carbocycles. The molecule has 0 aromatic heterocycles. The maximum Gasteiger partial charge on any atom is 0.342 e. The average Bonchev–Trinajstić information content (AvgIpc) is 3.44. The Morgan fingerprint density at radius 3 is 2.27 bits per heavy atom. The highest BCUT2D eigenvalue weighted by molar-refractivity contribution is 6.02. The van der Waals surface area contributed by atoms with Crippen LogP contribution in [0.1, 0.15) is 92.7 Å². The van der Waals surface area contributed by atoms with Gasteiger partial charge >= 0.3 is 12.0 Å². The second-order valence-corrected chi connectivity index (χ2v) is 11.1. The number of carbonyl (C=O) groups is 3. The highest BCUT2D eigenvalue weighted by Crippen LogP contribution is 2.41. The minimum absolute atomic E-state index is 0.0173. The number of urea groups is 1. The van der Waals surface area contributed by atoms with Gasteiger partial charge in [0.05, 0.1) is 14.2 Å². The van der Waals surface area contributed by atoms with Gasteiger partial charge in [-0.2, -0.15) is 0 Å². The number of carbonyl (C=O) groups excluding carboxylic acids is 3. The zero-order chi connectivity index (χ0) is 28.5. The molecule has 0 radical (unpaired) electrons. The smallest absolute Gasteiger partial charge is 0.342 e. The lowest BCUT2D eigenvalue weighted by Gasteiger charge is -2.36. The van der Waals surface area contributed by atoms with E-state index in [1.165, 1.54) is 37.0 Å². The Balaban J connectivity index is 1.05. The van der Waals surface area contributed by atoms with Gasteiger partial charge in [0, 0.05) is 43.9 Å². The van der Waals surface area contributed by atoms with Crippen molar-refractivity contribution in [2.45, 2.75) is 82.8 Å². The monoisotopic (exact) mass is 559 g/mol. The van der Waals surface area contributed by atoms with E-state index < -0.39 is 0 Å². The van der Waals surface area contributed by atoms with Gasteiger partial charge in [0.2, 0.25) is 5.91 Å². The van der Waals surface area contributed by atoms with Crippen LogP contribution in [0.3, 0.4) is 0 Å². The van der Waals surface area contributed by atoms with E-state index in [-0.39, 0.29) is 43.2 Å². The topological polar surface area (TPSA) is 109 Å². The number of amides is 3. The Labute approximate surface area is 237 Å². The molecule has 0 bridgehead atoms. The van der Waals surface area contributed by atoms with E-state index in [2.05, 4.69) is 4.90 Å². The SMILES string of the molecule is COc1cc(OC)c2c(c1)[C@@H](CCCCCCCCCN1CCC(N3CC(=O)N(CCCO)C3=O)CC1)OC2=O. The molecule has 4 rings (SSSR count). The highest BCUT2D eigenvalue weighted by atomic mass is 16.6. The van der Waals surface area contributed by atoms with Gasteiger partial charge in [-0.05, 0) is 51.1 Å². The first-order valence-corrected chi connectivity index (χ1v) is 14.9. The van der Waals surface area contributed by atoms with Gasteiger partial charge in [-0.3, -0.25) is 9.69 Å². The minimum atomic E-state index is -0.316. The lowest BCUT2D eigenvalue weighted by atomic mass is 9.98. The number of aliphatic hydroxyl groups excluding tert-OH is 1. The first kappa shape index (κ1) is 30.1. The number of fused-ring (bicyclic) bond motifs is 1. The van der Waals surface area contributed by atoms with Crippen molar-refractivity contribution in [1.29, 1.82) is 0 Å². The number of imide groups is 1. The van der Waals surface area contributed by atoms with Crippen molar-refractivity contribution < 1.29 is 33.7 Å². The van der Waals surface area contributed by atoms with Crippen molar-refractivity contribution in [3.63, 3.8) is 0 Å². The second-order valence-electron chi connectivity index (χ2n) is 11.1. The summed E-state index contributed by atoms with van der Waals surface area (Å²) in [6.07, 6.45) is 11.0. The number of rotatable bonds is 16. The quantitative estimate of drug-likeness (QED) is 0.183. The van der Waals surface area contributed by atoms with E-state index in [9.17, 15) is 14.4 Å². The first-order chi connectivity index (χ1) is 19.5. The standard InChI is InChI=1S/C30H45N3O7/c1-38-23-19-24-25(40-29(36)28(24)26(20-23)39-2)11-8-6-4-3-5-7-9-14-31-16-12-22(13-17-31)33-21-27(35)32(30(33)37)15-10-18-34/h19-20,22,25,34H,3-18,21H2,1-2H3/t25-/m1/s1. The number of piperidine rings is 1. The van der Waals surface area contributed by atoms with Crippen LogP contribution in [0.25, 0.3) is 0 Å². The second kappa shape index (κ2) is 14.7. The Morgan fingerprint density at radius 2 is 1.60 bits per heavy atom. The zero-order valence-corrected chi connectivity index (χ0v) is 24.1. The zero-order valence-electron chi connectivity index (χ0n) is 24.1. The van der Waals surface area contributed by atoms with E-state index in [0.29, 0.717) is 30.0 Å². The van der Waals surface area contributed by atoms with Crippen molar-refractivity contribution in [3.05, 3.63) is 23.3 Å². The van der Waals surface area contributed by atoms with E-state index >= 15 is 0 Å². The molecule has 10 heteroatoms. The van der Waals surface area contributed by atoms with Crippen molar-refractivity contribution in [2.75, 3.05) is 53.6 Å². The molecule has 1 aromatic carbocycles. The molecule has 3 heterocycles. The largest absolute Gasteiger partial charge is 0.497 e. The van der Waals surface area contributed by atoms with E-state index in [4.69, 9.17) is 19.3 Å². The van der Waals surface area contributed by atoms with Crippen LogP contribution in [0.2, 0.25) is 0 Å². The molecule has 0 spiro atoms. The summed E-state index contributed by atoms with van der Waals surface area (Å²) in [4.78, 5) is 42.7. The molecule has 40 heavy (non-hydrogen) atoms. The number of ether oxygens (including phenoxy) is 3. The van der Waals surface area contributed by atoms with Crippen LogP contribution in [0.15, 0.2) is 12.1 Å². The molecule has 3 amide bonds. The predicted molar refractivity (Wildman–Crippen MR) is 150 cm³/mol. The van der Waals surface area contributed by atoms with Crippen molar-refractivity contribution >= 4 is 17.9 Å². The number of aliphatic hydroxyl groups is 1. The van der Waals surface area contributed by atoms with Gasteiger partial charge in [0.25, 0.3) is 0 Å². The Morgan fingerprint density at radius 1 is 0.900 bits per heavy atom. The number of cyclic esters (lactones) is 1. The summed E-state index contributed by atoms with van der Waals surface area (Å²) in [5.74, 6) is 0.716. The Hall–Kier alpha value is -2.85. The van der Waals surface area contributed by atoms with Gasteiger partial charge in [-0.25, -0.2) is 9.59 Å². The number of likely N-dealkylation sites (tertiary alicyclic amines) is 1. The summed E-state index contributed by atoms with van der Waals surface area (Å²) in [5, 5.41) is 9.01. The fourth-order valence-corrected chi connectivity index (χ4v) is 6.13. The molecule has 1 aromatic rings. The highest BCUT2D eigenvalue weighted by Gasteiger charge is 2.40. The third-order valence-electron chi connectivity index (χ3n) is 8.42. The maximum absolute atomic E-state index is 12.6. The molecule has 0 unspecified atom stereocenters. The van der Waals surface area contributed by atoms with E-state index in [1.807, 2.05) is 6.07 Å². The van der Waals surface area contributed by atoms with E-state index in [1.54, 1.807) is 25.2 Å². The summed E-state index contributed by atoms with van der Waals surface area (Å²) in [6, 6.07) is 3.56. The van der Waals surface area contributed by atoms with Crippen molar-refractivity contribution in [1.82, 2.24) is 14.7 Å². The molecule has 3 aliphatic rings. The molecule has 1 N–H and O–H groups in total. The molecule has 10 nitrogen and oxygen atoms in total. The van der Waals surface area contributed by atoms with Crippen molar-refractivity contribution in [3.8, 4) is 11.5 Å². The Bertz CT molecular complexity index is 1020. The number of benzene rings is 1. The molecule has 222 valence electrons. The molecule has 3 aliphatic heterocycles.